The Morgan fingerprint density at radius 3 is 3.00 bits per heavy atom. The van der Waals surface area contributed by atoms with E-state index < -0.39 is 6.10 Å². The molecule has 0 amide bonds. The lowest BCUT2D eigenvalue weighted by Gasteiger charge is -2.30. The topological polar surface area (TPSA) is 47.3 Å². The smallest absolute Gasteiger partial charge is 0.143 e. The van der Waals surface area contributed by atoms with Crippen molar-refractivity contribution in [1.82, 2.24) is 9.55 Å². The molecule has 0 spiro atoms. The van der Waals surface area contributed by atoms with Crippen LogP contribution in [0.5, 0.6) is 5.75 Å². The maximum Gasteiger partial charge on any atom is 0.143 e. The van der Waals surface area contributed by atoms with Crippen LogP contribution < -0.4 is 4.74 Å². The van der Waals surface area contributed by atoms with Crippen molar-refractivity contribution < 1.29 is 9.84 Å². The van der Waals surface area contributed by atoms with E-state index in [9.17, 15) is 5.11 Å². The molecule has 20 heavy (non-hydrogen) atoms. The van der Waals surface area contributed by atoms with E-state index in [1.165, 1.54) is 0 Å². The van der Waals surface area contributed by atoms with Gasteiger partial charge in [0.15, 0.2) is 0 Å². The number of hydrogen-bond donors (Lipinski definition) is 1. The Bertz CT molecular complexity index is 624. The molecular weight excluding hydrogens is 320 g/mol. The molecule has 2 unspecified atom stereocenters. The summed E-state index contributed by atoms with van der Waals surface area (Å²) < 4.78 is 9.10. The summed E-state index contributed by atoms with van der Waals surface area (Å²) in [5, 5.41) is 10.3. The van der Waals surface area contributed by atoms with Crippen molar-refractivity contribution in [3.63, 3.8) is 0 Å². The summed E-state index contributed by atoms with van der Waals surface area (Å²) in [7, 11) is 0. The van der Waals surface area contributed by atoms with E-state index in [0.717, 1.165) is 21.5 Å². The van der Waals surface area contributed by atoms with Crippen molar-refractivity contribution in [2.24, 2.45) is 0 Å². The zero-order chi connectivity index (χ0) is 14.3. The van der Waals surface area contributed by atoms with E-state index in [1.54, 1.807) is 0 Å². The highest BCUT2D eigenvalue weighted by Gasteiger charge is 2.30. The molecule has 1 aromatic carbocycles. The average molecular weight is 337 g/mol. The molecule has 106 valence electrons. The van der Waals surface area contributed by atoms with Crippen LogP contribution in [0.3, 0.4) is 0 Å². The predicted octanol–water partition coefficient (Wildman–Crippen LogP) is 3.78. The first-order valence-electron chi connectivity index (χ1n) is 6.72. The summed E-state index contributed by atoms with van der Waals surface area (Å²) in [6.07, 6.45) is 3.50. The highest BCUT2D eigenvalue weighted by Crippen LogP contribution is 2.42. The number of aliphatic hydroxyl groups excluding tert-OH is 1. The van der Waals surface area contributed by atoms with Crippen molar-refractivity contribution in [2.45, 2.75) is 38.5 Å². The van der Waals surface area contributed by atoms with Crippen molar-refractivity contribution in [1.29, 1.82) is 0 Å². The van der Waals surface area contributed by atoms with Crippen molar-refractivity contribution in [3.8, 4) is 5.75 Å². The number of halogens is 1. The first kappa shape index (κ1) is 13.6. The monoisotopic (exact) mass is 336 g/mol. The summed E-state index contributed by atoms with van der Waals surface area (Å²) in [5.41, 5.74) is 1.85. The Balaban J connectivity index is 1.96. The maximum atomic E-state index is 10.3. The van der Waals surface area contributed by atoms with Gasteiger partial charge in [-0.3, -0.25) is 0 Å². The van der Waals surface area contributed by atoms with Crippen LogP contribution in [0, 0.1) is 0 Å². The molecule has 1 aromatic heterocycles. The minimum absolute atomic E-state index is 0.170. The molecule has 1 N–H and O–H groups in total. The first-order valence-corrected chi connectivity index (χ1v) is 7.51. The van der Waals surface area contributed by atoms with Gasteiger partial charge in [0.05, 0.1) is 24.3 Å². The van der Waals surface area contributed by atoms with E-state index in [0.29, 0.717) is 12.5 Å². The molecule has 0 saturated heterocycles. The highest BCUT2D eigenvalue weighted by atomic mass is 79.9. The minimum Gasteiger partial charge on any atom is -0.484 e. The quantitative estimate of drug-likeness (QED) is 0.907. The number of aromatic nitrogens is 2. The van der Waals surface area contributed by atoms with Gasteiger partial charge in [0, 0.05) is 22.5 Å². The van der Waals surface area contributed by atoms with Gasteiger partial charge in [0.1, 0.15) is 11.9 Å². The molecule has 4 nitrogen and oxygen atoms in total. The standard InChI is InChI=1S/C15H17BrN2O2/c1-9(2)18-8-17-7-12(18)15-6-13(19)11-4-3-10(16)5-14(11)20-15/h3-5,7-9,13,15,19H,6H2,1-2H3. The van der Waals surface area contributed by atoms with Crippen LogP contribution in [0.2, 0.25) is 0 Å². The molecule has 0 saturated carbocycles. The van der Waals surface area contributed by atoms with Crippen LogP contribution >= 0.6 is 15.9 Å². The molecule has 1 aliphatic heterocycles. The van der Waals surface area contributed by atoms with Crippen LogP contribution in [0.1, 0.15) is 49.8 Å². The number of benzene rings is 1. The minimum atomic E-state index is -0.507. The van der Waals surface area contributed by atoms with Gasteiger partial charge in [0.25, 0.3) is 0 Å². The molecule has 0 fully saturated rings. The second kappa shape index (κ2) is 5.22. The summed E-state index contributed by atoms with van der Waals surface area (Å²) in [6, 6.07) is 6.04. The van der Waals surface area contributed by atoms with Gasteiger partial charge in [0.2, 0.25) is 0 Å². The molecule has 5 heteroatoms. The number of aliphatic hydroxyl groups is 1. The van der Waals surface area contributed by atoms with Gasteiger partial charge < -0.3 is 14.4 Å². The Morgan fingerprint density at radius 1 is 1.45 bits per heavy atom. The van der Waals surface area contributed by atoms with Crippen molar-refractivity contribution in [3.05, 3.63) is 46.5 Å². The predicted molar refractivity (Wildman–Crippen MR) is 79.7 cm³/mol. The van der Waals surface area contributed by atoms with Crippen LogP contribution in [-0.4, -0.2) is 14.7 Å². The molecular formula is C15H17BrN2O2. The summed E-state index contributed by atoms with van der Waals surface area (Å²) in [6.45, 7) is 4.21. The summed E-state index contributed by atoms with van der Waals surface area (Å²) in [4.78, 5) is 4.21. The Labute approximate surface area is 126 Å². The molecule has 0 aliphatic carbocycles. The second-order valence-corrected chi connectivity index (χ2v) is 6.28. The van der Waals surface area contributed by atoms with Gasteiger partial charge in [-0.15, -0.1) is 0 Å². The molecule has 1 aliphatic rings. The fourth-order valence-corrected chi connectivity index (χ4v) is 2.93. The van der Waals surface area contributed by atoms with Gasteiger partial charge in [-0.25, -0.2) is 4.98 Å². The third-order valence-corrected chi connectivity index (χ3v) is 4.12. The van der Waals surface area contributed by atoms with Gasteiger partial charge >= 0.3 is 0 Å². The van der Waals surface area contributed by atoms with E-state index in [1.807, 2.05) is 30.7 Å². The van der Waals surface area contributed by atoms with Crippen LogP contribution in [0.4, 0.5) is 0 Å². The zero-order valence-corrected chi connectivity index (χ0v) is 13.0. The Kier molecular flexibility index (Phi) is 3.56. The Hall–Kier alpha value is -1.33. The lowest BCUT2D eigenvalue weighted by atomic mass is 9.97. The summed E-state index contributed by atoms with van der Waals surface area (Å²) in [5.74, 6) is 0.736. The number of imidazole rings is 1. The molecule has 0 radical (unpaired) electrons. The van der Waals surface area contributed by atoms with Crippen LogP contribution in [-0.2, 0) is 0 Å². The number of hydrogen-bond acceptors (Lipinski definition) is 3. The Morgan fingerprint density at radius 2 is 2.25 bits per heavy atom. The summed E-state index contributed by atoms with van der Waals surface area (Å²) >= 11 is 3.44. The van der Waals surface area contributed by atoms with Gasteiger partial charge in [-0.05, 0) is 26.0 Å². The number of nitrogens with zero attached hydrogens (tertiary/aromatic N) is 2. The lowest BCUT2D eigenvalue weighted by Crippen LogP contribution is -2.22. The van der Waals surface area contributed by atoms with Crippen molar-refractivity contribution >= 4 is 15.9 Å². The first-order chi connectivity index (χ1) is 9.56. The molecule has 3 rings (SSSR count). The van der Waals surface area contributed by atoms with Crippen LogP contribution in [0.15, 0.2) is 35.2 Å². The van der Waals surface area contributed by atoms with Crippen molar-refractivity contribution in [2.75, 3.05) is 0 Å². The average Bonchev–Trinajstić information content (AvgIpc) is 2.87. The van der Waals surface area contributed by atoms with E-state index in [-0.39, 0.29) is 6.10 Å². The van der Waals surface area contributed by atoms with E-state index >= 15 is 0 Å². The fraction of sp³-hybridized carbons (Fsp3) is 0.400. The number of rotatable bonds is 2. The molecule has 0 bridgehead atoms. The highest BCUT2D eigenvalue weighted by molar-refractivity contribution is 9.10. The number of fused-ring (bicyclic) bond motifs is 1. The number of ether oxygens (including phenoxy) is 1. The van der Waals surface area contributed by atoms with Gasteiger partial charge in [-0.1, -0.05) is 22.0 Å². The SMILES string of the molecule is CC(C)n1cncc1C1CC(O)c2ccc(Br)cc2O1. The largest absolute Gasteiger partial charge is 0.484 e. The third kappa shape index (κ3) is 2.36. The fourth-order valence-electron chi connectivity index (χ4n) is 2.59. The normalized spacial score (nSPS) is 21.6. The maximum absolute atomic E-state index is 10.3. The van der Waals surface area contributed by atoms with E-state index in [2.05, 4.69) is 39.3 Å². The lowest BCUT2D eigenvalue weighted by molar-refractivity contribution is 0.0613. The molecule has 2 aromatic rings. The van der Waals surface area contributed by atoms with Crippen LogP contribution in [0.25, 0.3) is 0 Å². The molecule has 2 atom stereocenters. The second-order valence-electron chi connectivity index (χ2n) is 5.36. The van der Waals surface area contributed by atoms with E-state index in [4.69, 9.17) is 4.74 Å². The zero-order valence-electron chi connectivity index (χ0n) is 11.5. The van der Waals surface area contributed by atoms with Gasteiger partial charge in [-0.2, -0.15) is 0 Å². The molecule has 2 heterocycles. The third-order valence-electron chi connectivity index (χ3n) is 3.62.